The summed E-state index contributed by atoms with van der Waals surface area (Å²) in [7, 11) is 5.76. The van der Waals surface area contributed by atoms with Gasteiger partial charge in [0, 0.05) is 7.05 Å². The molecule has 5 heteroatoms. The van der Waals surface area contributed by atoms with E-state index in [-0.39, 0.29) is 0 Å². The van der Waals surface area contributed by atoms with Crippen molar-refractivity contribution in [2.75, 3.05) is 32.8 Å². The van der Waals surface area contributed by atoms with E-state index in [0.717, 1.165) is 22.5 Å². The van der Waals surface area contributed by atoms with Gasteiger partial charge < -0.3 is 4.90 Å². The van der Waals surface area contributed by atoms with E-state index in [1.807, 2.05) is 43.3 Å². The first-order valence-corrected chi connectivity index (χ1v) is 8.50. The van der Waals surface area contributed by atoms with E-state index < -0.39 is 0 Å². The third kappa shape index (κ3) is 6.64. The van der Waals surface area contributed by atoms with Gasteiger partial charge >= 0.3 is 0 Å². The van der Waals surface area contributed by atoms with E-state index in [9.17, 15) is 5.21 Å². The number of fused-ring (bicyclic) bond motifs is 1. The van der Waals surface area contributed by atoms with Crippen LogP contribution in [0.15, 0.2) is 30.3 Å². The van der Waals surface area contributed by atoms with E-state index in [1.54, 1.807) is 7.05 Å². The monoisotopic (exact) mass is 330 g/mol. The number of para-hydroxylation sites is 2. The molecule has 1 aromatic heterocycles. The molecule has 132 valence electrons. The number of hydroxylamine groups is 1. The number of aromatic nitrogens is 2. The zero-order valence-corrected chi connectivity index (χ0v) is 15.5. The van der Waals surface area contributed by atoms with Crippen molar-refractivity contribution in [2.45, 2.75) is 33.1 Å². The summed E-state index contributed by atoms with van der Waals surface area (Å²) in [5, 5.41) is 10.6. The lowest BCUT2D eigenvalue weighted by Crippen LogP contribution is -2.14. The van der Waals surface area contributed by atoms with E-state index in [1.165, 1.54) is 19.4 Å². The number of nitrogens with zero attached hydrogens (tertiary/aromatic N) is 4. The highest BCUT2D eigenvalue weighted by Crippen LogP contribution is 2.19. The van der Waals surface area contributed by atoms with Gasteiger partial charge in [-0.1, -0.05) is 38.5 Å². The first kappa shape index (κ1) is 20.1. The average Bonchev–Trinajstić information content (AvgIpc) is 2.57. The van der Waals surface area contributed by atoms with Crippen molar-refractivity contribution >= 4 is 22.9 Å². The molecule has 2 aromatic rings. The summed E-state index contributed by atoms with van der Waals surface area (Å²) in [5.41, 5.74) is 2.28. The normalized spacial score (nSPS) is 11.0. The average molecular weight is 330 g/mol. The van der Waals surface area contributed by atoms with Gasteiger partial charge in [0.2, 0.25) is 0 Å². The lowest BCUT2D eigenvalue weighted by atomic mass is 10.2. The summed E-state index contributed by atoms with van der Waals surface area (Å²) in [6.45, 7) is 5.49. The van der Waals surface area contributed by atoms with Crippen molar-refractivity contribution in [3.63, 3.8) is 0 Å². The van der Waals surface area contributed by atoms with Crippen LogP contribution < -0.4 is 5.06 Å². The third-order valence-corrected chi connectivity index (χ3v) is 3.35. The van der Waals surface area contributed by atoms with Crippen LogP contribution in [0.1, 0.15) is 38.8 Å². The number of benzene rings is 1. The van der Waals surface area contributed by atoms with Gasteiger partial charge in [0.15, 0.2) is 5.82 Å². The Morgan fingerprint density at radius 2 is 1.67 bits per heavy atom. The summed E-state index contributed by atoms with van der Waals surface area (Å²) >= 11 is 0. The van der Waals surface area contributed by atoms with Gasteiger partial charge in [0.1, 0.15) is 5.69 Å². The molecule has 0 radical (unpaired) electrons. The van der Waals surface area contributed by atoms with E-state index >= 15 is 0 Å². The predicted molar refractivity (Wildman–Crippen MR) is 103 cm³/mol. The number of allylic oxidation sites excluding steroid dienone is 1. The lowest BCUT2D eigenvalue weighted by Gasteiger charge is -2.12. The Bertz CT molecular complexity index is 638. The third-order valence-electron chi connectivity index (χ3n) is 3.35. The minimum absolute atomic E-state index is 0.466. The van der Waals surface area contributed by atoms with E-state index in [2.05, 4.69) is 35.9 Å². The number of hydrogen-bond acceptors (Lipinski definition) is 5. The molecule has 0 amide bonds. The van der Waals surface area contributed by atoms with Crippen LogP contribution >= 0.6 is 0 Å². The molecule has 0 atom stereocenters. The fourth-order valence-electron chi connectivity index (χ4n) is 2.06. The largest absolute Gasteiger partial charge is 0.309 e. The smallest absolute Gasteiger partial charge is 0.178 e. The van der Waals surface area contributed by atoms with Crippen LogP contribution in [-0.2, 0) is 0 Å². The highest BCUT2D eigenvalue weighted by Gasteiger charge is 2.08. The van der Waals surface area contributed by atoms with Gasteiger partial charge in [-0.05, 0) is 51.7 Å². The summed E-state index contributed by atoms with van der Waals surface area (Å²) in [5.74, 6) is 0.466. The molecule has 5 nitrogen and oxygen atoms in total. The van der Waals surface area contributed by atoms with Crippen LogP contribution in [0.2, 0.25) is 0 Å². The van der Waals surface area contributed by atoms with Crippen LogP contribution in [0, 0.1) is 0 Å². The van der Waals surface area contributed by atoms with Gasteiger partial charge in [-0.25, -0.2) is 15.0 Å². The second kappa shape index (κ2) is 10.7. The molecule has 0 aliphatic rings. The fourth-order valence-corrected chi connectivity index (χ4v) is 2.06. The molecule has 0 bridgehead atoms. The molecular weight excluding hydrogens is 300 g/mol. The van der Waals surface area contributed by atoms with Gasteiger partial charge in [-0.3, -0.25) is 5.21 Å². The van der Waals surface area contributed by atoms with Gasteiger partial charge in [0.05, 0.1) is 11.0 Å². The zero-order valence-electron chi connectivity index (χ0n) is 15.5. The first-order valence-electron chi connectivity index (χ1n) is 8.50. The topological polar surface area (TPSA) is 52.5 Å². The first-order chi connectivity index (χ1) is 11.5. The Hall–Kier alpha value is -1.98. The van der Waals surface area contributed by atoms with Crippen molar-refractivity contribution in [2.24, 2.45) is 0 Å². The molecule has 1 N–H and O–H groups in total. The fraction of sp³-hybridized carbons (Fsp3) is 0.474. The van der Waals surface area contributed by atoms with Crippen molar-refractivity contribution in [3.8, 4) is 0 Å². The lowest BCUT2D eigenvalue weighted by molar-refractivity contribution is 0.276. The summed E-state index contributed by atoms with van der Waals surface area (Å²) in [4.78, 5) is 11.1. The van der Waals surface area contributed by atoms with E-state index in [4.69, 9.17) is 0 Å². The molecule has 0 unspecified atom stereocenters. The van der Waals surface area contributed by atoms with Crippen LogP contribution in [0.25, 0.3) is 17.1 Å². The van der Waals surface area contributed by atoms with Crippen molar-refractivity contribution in [3.05, 3.63) is 36.0 Å². The van der Waals surface area contributed by atoms with Crippen molar-refractivity contribution < 1.29 is 5.21 Å². The summed E-state index contributed by atoms with van der Waals surface area (Å²) in [6.07, 6.45) is 7.42. The highest BCUT2D eigenvalue weighted by atomic mass is 16.5. The zero-order chi connectivity index (χ0) is 17.9. The Morgan fingerprint density at radius 1 is 1.04 bits per heavy atom. The number of anilines is 1. The molecule has 0 spiro atoms. The van der Waals surface area contributed by atoms with Gasteiger partial charge in [-0.2, -0.15) is 0 Å². The van der Waals surface area contributed by atoms with E-state index in [0.29, 0.717) is 11.5 Å². The SMILES string of the molecule is CC/C=C/c1nc2ccccc2nc1N(C)O.CCCCN(C)C. The molecule has 1 aromatic carbocycles. The molecule has 2 rings (SSSR count). The van der Waals surface area contributed by atoms with Crippen LogP contribution in [-0.4, -0.2) is 47.8 Å². The van der Waals surface area contributed by atoms with Gasteiger partial charge in [-0.15, -0.1) is 0 Å². The Morgan fingerprint density at radius 3 is 2.12 bits per heavy atom. The maximum absolute atomic E-state index is 9.56. The minimum atomic E-state index is 0.466. The maximum Gasteiger partial charge on any atom is 0.178 e. The Kier molecular flexibility index (Phi) is 8.97. The minimum Gasteiger partial charge on any atom is -0.309 e. The van der Waals surface area contributed by atoms with Gasteiger partial charge in [0.25, 0.3) is 0 Å². The Balaban J connectivity index is 0.000000351. The molecule has 0 aliphatic carbocycles. The van der Waals surface area contributed by atoms with Crippen molar-refractivity contribution in [1.29, 1.82) is 0 Å². The molecule has 24 heavy (non-hydrogen) atoms. The molecule has 1 heterocycles. The predicted octanol–water partition coefficient (Wildman–Crippen LogP) is 4.23. The molecule has 0 saturated carbocycles. The number of rotatable bonds is 6. The molecular formula is C19H30N4O. The second-order valence-corrected chi connectivity index (χ2v) is 5.91. The molecule has 0 aliphatic heterocycles. The standard InChI is InChI=1S/C13H15N3O.C6H15N/c1-3-4-7-12-13(16(2)17)15-11-9-6-5-8-10(11)14-12;1-4-5-6-7(2)3/h4-9,17H,3H2,1-2H3;4-6H2,1-3H3/b7-4+;. The molecule has 0 fully saturated rings. The number of unbranched alkanes of at least 4 members (excludes halogenated alkanes) is 1. The Labute approximate surface area is 145 Å². The highest BCUT2D eigenvalue weighted by molar-refractivity contribution is 5.78. The van der Waals surface area contributed by atoms with Crippen LogP contribution in [0.3, 0.4) is 0 Å². The molecule has 0 saturated heterocycles. The quantitative estimate of drug-likeness (QED) is 0.803. The number of hydrogen-bond donors (Lipinski definition) is 1. The van der Waals surface area contributed by atoms with Crippen LogP contribution in [0.4, 0.5) is 5.82 Å². The second-order valence-electron chi connectivity index (χ2n) is 5.91. The maximum atomic E-state index is 9.56. The summed E-state index contributed by atoms with van der Waals surface area (Å²) < 4.78 is 0. The van der Waals surface area contributed by atoms with Crippen molar-refractivity contribution in [1.82, 2.24) is 14.9 Å². The van der Waals surface area contributed by atoms with Crippen LogP contribution in [0.5, 0.6) is 0 Å². The summed E-state index contributed by atoms with van der Waals surface area (Å²) in [6, 6.07) is 7.61.